The molecule has 1 saturated heterocycles. The van der Waals surface area contributed by atoms with E-state index in [1.54, 1.807) is 20.6 Å². The van der Waals surface area contributed by atoms with E-state index in [0.29, 0.717) is 22.2 Å². The van der Waals surface area contributed by atoms with Crippen molar-refractivity contribution in [3.63, 3.8) is 0 Å². The van der Waals surface area contributed by atoms with E-state index in [9.17, 15) is 14.4 Å². The minimum atomic E-state index is -0.885. The van der Waals surface area contributed by atoms with Crippen LogP contribution in [0.2, 0.25) is 10.4 Å². The average molecular weight is 407 g/mol. The fourth-order valence-electron chi connectivity index (χ4n) is 5.41. The molecule has 18 heteroatoms. The molecule has 6 nitrogen and oxygen atoms in total. The molecule has 0 aliphatic carbocycles. The molecular formula is C13H23B11FN3O3. The molecule has 1 unspecified atom stereocenters. The van der Waals surface area contributed by atoms with Crippen LogP contribution in [0.4, 0.5) is 10.1 Å². The Morgan fingerprint density at radius 3 is 1.94 bits per heavy atom. The van der Waals surface area contributed by atoms with E-state index in [1.165, 1.54) is 7.98 Å². The van der Waals surface area contributed by atoms with Gasteiger partial charge in [-0.3, -0.25) is 14.4 Å². The third-order valence-electron chi connectivity index (χ3n) is 7.93. The number of carbonyl (C=O) groups excluding carboxylic acids is 3. The van der Waals surface area contributed by atoms with Gasteiger partial charge in [-0.1, -0.05) is 5.21 Å². The Morgan fingerprint density at radius 1 is 0.935 bits per heavy atom. The van der Waals surface area contributed by atoms with Crippen molar-refractivity contribution >= 4 is 121 Å². The summed E-state index contributed by atoms with van der Waals surface area (Å²) in [5.74, 6) is -1.46. The Kier molecular flexibility index (Phi) is 5.31. The van der Waals surface area contributed by atoms with Crippen molar-refractivity contribution in [2.24, 2.45) is 0 Å². The fraction of sp³-hybridized carbons (Fsp3) is 0.308. The van der Waals surface area contributed by atoms with E-state index in [4.69, 9.17) is 0 Å². The maximum atomic E-state index is 15.1. The van der Waals surface area contributed by atoms with Gasteiger partial charge in [-0.25, -0.2) is 4.39 Å². The van der Waals surface area contributed by atoms with Crippen LogP contribution in [0.25, 0.3) is 0 Å². The molecule has 0 N–H and O–H groups in total. The van der Waals surface area contributed by atoms with Crippen LogP contribution in [0.3, 0.4) is 0 Å². The highest BCUT2D eigenvalue weighted by Crippen LogP contribution is 2.54. The van der Waals surface area contributed by atoms with Crippen LogP contribution in [0.1, 0.15) is 15.9 Å². The summed E-state index contributed by atoms with van der Waals surface area (Å²) < 4.78 is 17.0. The Balaban J connectivity index is 2.35. The van der Waals surface area contributed by atoms with Crippen LogP contribution >= 0.6 is 0 Å². The van der Waals surface area contributed by atoms with Gasteiger partial charge in [-0.15, -0.1) is 0 Å². The molecule has 148 valence electrons. The third-order valence-corrected chi connectivity index (χ3v) is 7.93. The molecular weight excluding hydrogens is 384 g/mol. The van der Waals surface area contributed by atoms with Crippen LogP contribution in [0, 0.1) is 5.82 Å². The standard InChI is InChI=1S/C13H23B11FN3O3/c14-3-1-2(6(28(23)24)4(15)5(3)25)13(20,21)26(8(1)29)7-9(30)27(22)10(31)12(18,19)11(7,16)17/h7H,14-24H2. The summed E-state index contributed by atoms with van der Waals surface area (Å²) in [7, 11) is 19.6. The molecule has 1 aromatic rings. The predicted octanol–water partition coefficient (Wildman–Crippen LogP) is -11.9. The third kappa shape index (κ3) is 2.81. The minimum Gasteiger partial charge on any atom is -0.472 e. The monoisotopic (exact) mass is 409 g/mol. The van der Waals surface area contributed by atoms with Crippen molar-refractivity contribution in [3.05, 3.63) is 16.9 Å². The normalized spacial score (nSPS) is 23.6. The highest BCUT2D eigenvalue weighted by molar-refractivity contribution is 6.65. The number of hydrogen-bond acceptors (Lipinski definition) is 4. The van der Waals surface area contributed by atoms with Crippen LogP contribution in [0.5, 0.6) is 0 Å². The minimum absolute atomic E-state index is 0.271. The van der Waals surface area contributed by atoms with Gasteiger partial charge < -0.3 is 14.4 Å². The molecule has 0 spiro atoms. The largest absolute Gasteiger partial charge is 0.472 e. The van der Waals surface area contributed by atoms with Crippen LogP contribution in [-0.4, -0.2) is 120 Å². The molecule has 2 aliphatic rings. The van der Waals surface area contributed by atoms with Gasteiger partial charge in [-0.05, 0) is 21.7 Å². The van der Waals surface area contributed by atoms with E-state index in [1.807, 2.05) is 67.8 Å². The van der Waals surface area contributed by atoms with Crippen molar-refractivity contribution in [1.82, 2.24) is 9.71 Å². The summed E-state index contributed by atoms with van der Waals surface area (Å²) in [4.78, 5) is 43.0. The number of rotatable bonds is 2. The van der Waals surface area contributed by atoms with Gasteiger partial charge in [0.1, 0.15) is 74.6 Å². The van der Waals surface area contributed by atoms with Crippen molar-refractivity contribution < 1.29 is 18.8 Å². The molecule has 0 radical (unpaired) electrons. The Bertz CT molecular complexity index is 1050. The first-order valence-electron chi connectivity index (χ1n) is 10.6. The van der Waals surface area contributed by atoms with Crippen LogP contribution < -0.4 is 15.6 Å². The van der Waals surface area contributed by atoms with E-state index >= 15 is 4.39 Å². The first-order chi connectivity index (χ1) is 13.9. The lowest BCUT2D eigenvalue weighted by atomic mass is 9.26. The lowest BCUT2D eigenvalue weighted by Gasteiger charge is -2.57. The summed E-state index contributed by atoms with van der Waals surface area (Å²) in [6.45, 7) is 0. The zero-order valence-corrected chi connectivity index (χ0v) is 20.5. The maximum Gasteiger partial charge on any atom is 0.253 e. The van der Waals surface area contributed by atoms with Gasteiger partial charge in [0.25, 0.3) is 5.91 Å². The van der Waals surface area contributed by atoms with E-state index in [0.717, 1.165) is 10.4 Å². The highest BCUT2D eigenvalue weighted by Gasteiger charge is 2.62. The van der Waals surface area contributed by atoms with Gasteiger partial charge in [0.05, 0.1) is 0 Å². The number of imide groups is 1. The van der Waals surface area contributed by atoms with Crippen molar-refractivity contribution in [3.8, 4) is 0 Å². The second kappa shape index (κ2) is 6.88. The van der Waals surface area contributed by atoms with Gasteiger partial charge in [0.15, 0.2) is 0 Å². The number of fused-ring (bicyclic) bond motifs is 1. The summed E-state index contributed by atoms with van der Waals surface area (Å²) in [5, 5.41) is -2.61. The van der Waals surface area contributed by atoms with Gasteiger partial charge in [-0.2, -0.15) is 0 Å². The number of anilines is 1. The average Bonchev–Trinajstić information content (AvgIpc) is 2.84. The molecule has 0 bridgehead atoms. The first-order valence-corrected chi connectivity index (χ1v) is 10.6. The van der Waals surface area contributed by atoms with Crippen molar-refractivity contribution in [2.45, 2.75) is 21.8 Å². The SMILES string of the molecule is Bc1c(F)c(B)c(N(B)B)c2c1C(=O)N(C1C(=O)N(B)C(=O)C(B)(B)C1(B)B)C2(B)B. The zero-order chi connectivity index (χ0) is 24.0. The van der Waals surface area contributed by atoms with Gasteiger partial charge in [0.2, 0.25) is 35.8 Å². The summed E-state index contributed by atoms with van der Waals surface area (Å²) >= 11 is 0. The topological polar surface area (TPSA) is 60.9 Å². The summed E-state index contributed by atoms with van der Waals surface area (Å²) in [5.41, 5.74) is 2.47. The van der Waals surface area contributed by atoms with Crippen molar-refractivity contribution in [1.29, 1.82) is 0 Å². The second-order valence-electron chi connectivity index (χ2n) is 10.7. The molecule has 1 aromatic carbocycles. The van der Waals surface area contributed by atoms with Crippen molar-refractivity contribution in [2.75, 3.05) is 4.72 Å². The van der Waals surface area contributed by atoms with Gasteiger partial charge in [0, 0.05) is 16.6 Å². The molecule has 2 aliphatic heterocycles. The molecule has 31 heavy (non-hydrogen) atoms. The molecule has 2 heterocycles. The number of piperidine rings is 1. The number of carbonyl (C=O) groups is 3. The number of benzene rings is 1. The molecule has 0 saturated carbocycles. The molecule has 3 amide bonds. The quantitative estimate of drug-likeness (QED) is 0.361. The Hall–Kier alpha value is -1.73. The molecule has 0 aromatic heterocycles. The lowest BCUT2D eigenvalue weighted by Crippen LogP contribution is -2.70. The highest BCUT2D eigenvalue weighted by atomic mass is 19.1. The Morgan fingerprint density at radius 2 is 1.45 bits per heavy atom. The number of halogens is 1. The Labute approximate surface area is 193 Å². The number of nitrogens with zero attached hydrogens (tertiary/aromatic N) is 3. The molecule has 1 fully saturated rings. The van der Waals surface area contributed by atoms with Crippen LogP contribution in [0.15, 0.2) is 0 Å². The molecule has 3 rings (SSSR count). The van der Waals surface area contributed by atoms with Gasteiger partial charge >= 0.3 is 0 Å². The summed E-state index contributed by atoms with van der Waals surface area (Å²) in [6, 6.07) is -0.877. The number of hydrogen-bond donors (Lipinski definition) is 0. The van der Waals surface area contributed by atoms with E-state index in [2.05, 4.69) is 0 Å². The van der Waals surface area contributed by atoms with E-state index in [-0.39, 0.29) is 11.8 Å². The second-order valence-corrected chi connectivity index (χ2v) is 10.7. The fourth-order valence-corrected chi connectivity index (χ4v) is 5.41. The first kappa shape index (κ1) is 23.9. The zero-order valence-electron chi connectivity index (χ0n) is 20.5. The lowest BCUT2D eigenvalue weighted by molar-refractivity contribution is -0.147. The number of amides is 3. The van der Waals surface area contributed by atoms with E-state index < -0.39 is 33.5 Å². The molecule has 1 atom stereocenters. The van der Waals surface area contributed by atoms with Crippen LogP contribution in [-0.2, 0) is 14.9 Å². The predicted molar refractivity (Wildman–Crippen MR) is 151 cm³/mol. The summed E-state index contributed by atoms with van der Waals surface area (Å²) in [6.07, 6.45) is 0. The smallest absolute Gasteiger partial charge is 0.253 e. The maximum absolute atomic E-state index is 15.1.